The minimum Gasteiger partial charge on any atom is -0.342 e. The van der Waals surface area contributed by atoms with Gasteiger partial charge in [-0.15, -0.1) is 0 Å². The summed E-state index contributed by atoms with van der Waals surface area (Å²) in [4.78, 5) is 33.9. The van der Waals surface area contributed by atoms with E-state index in [1.807, 2.05) is 23.1 Å². The molecule has 1 saturated carbocycles. The first-order valence-corrected chi connectivity index (χ1v) is 12.9. The van der Waals surface area contributed by atoms with E-state index in [2.05, 4.69) is 4.99 Å². The van der Waals surface area contributed by atoms with Crippen LogP contribution in [0.5, 0.6) is 0 Å². The van der Waals surface area contributed by atoms with Gasteiger partial charge in [-0.3, -0.25) is 19.5 Å². The van der Waals surface area contributed by atoms with Crippen molar-refractivity contribution in [3.8, 4) is 11.1 Å². The predicted molar refractivity (Wildman–Crippen MR) is 139 cm³/mol. The fourth-order valence-corrected chi connectivity index (χ4v) is 5.49. The van der Waals surface area contributed by atoms with Gasteiger partial charge in [-0.25, -0.2) is 8.78 Å². The molecule has 0 aromatic heterocycles. The summed E-state index contributed by atoms with van der Waals surface area (Å²) >= 11 is 0. The Kier molecular flexibility index (Phi) is 5.62. The number of amidine groups is 1. The van der Waals surface area contributed by atoms with Crippen molar-refractivity contribution in [2.75, 3.05) is 19.6 Å². The Hall–Kier alpha value is -3.61. The summed E-state index contributed by atoms with van der Waals surface area (Å²) in [5.74, 6) is -0.122. The quantitative estimate of drug-likeness (QED) is 0.469. The first-order valence-electron chi connectivity index (χ1n) is 12.9. The highest BCUT2D eigenvalue weighted by Gasteiger charge is 2.44. The van der Waals surface area contributed by atoms with Crippen molar-refractivity contribution in [2.24, 2.45) is 16.8 Å². The maximum absolute atomic E-state index is 15.6. The van der Waals surface area contributed by atoms with Crippen LogP contribution in [0.3, 0.4) is 0 Å². The smallest absolute Gasteiger partial charge is 0.255 e. The van der Waals surface area contributed by atoms with E-state index in [0.29, 0.717) is 42.0 Å². The number of carbonyl (C=O) groups excluding carboxylic acids is 2. The van der Waals surface area contributed by atoms with Gasteiger partial charge >= 0.3 is 0 Å². The van der Waals surface area contributed by atoms with Gasteiger partial charge in [0.1, 0.15) is 23.0 Å². The molecule has 7 heteroatoms. The summed E-state index contributed by atoms with van der Waals surface area (Å²) in [7, 11) is 0. The molecule has 6 rings (SSSR count). The number of halogens is 2. The van der Waals surface area contributed by atoms with E-state index >= 15 is 4.39 Å². The van der Waals surface area contributed by atoms with Crippen LogP contribution in [0.4, 0.5) is 8.78 Å². The van der Waals surface area contributed by atoms with Gasteiger partial charge in [0.2, 0.25) is 5.91 Å². The second kappa shape index (κ2) is 8.75. The molecule has 1 saturated heterocycles. The molecule has 3 aromatic carbocycles. The van der Waals surface area contributed by atoms with Crippen LogP contribution in [0, 0.1) is 23.5 Å². The summed E-state index contributed by atoms with van der Waals surface area (Å²) < 4.78 is 29.9. The highest BCUT2D eigenvalue weighted by atomic mass is 19.1. The molecule has 3 aliphatic rings. The van der Waals surface area contributed by atoms with Crippen molar-refractivity contribution in [3.05, 3.63) is 71.8 Å². The van der Waals surface area contributed by atoms with Gasteiger partial charge in [0.05, 0.1) is 5.56 Å². The summed E-state index contributed by atoms with van der Waals surface area (Å²) in [5.41, 5.74) is 0.597. The van der Waals surface area contributed by atoms with E-state index in [4.69, 9.17) is 0 Å². The van der Waals surface area contributed by atoms with E-state index in [0.717, 1.165) is 24.6 Å². The van der Waals surface area contributed by atoms with E-state index in [1.54, 1.807) is 43.0 Å². The monoisotopic (exact) mass is 501 g/mol. The molecule has 190 valence electrons. The number of nitrogens with zero attached hydrogens (tertiary/aromatic N) is 3. The normalized spacial score (nSPS) is 21.1. The van der Waals surface area contributed by atoms with Crippen LogP contribution < -0.4 is 0 Å². The van der Waals surface area contributed by atoms with Gasteiger partial charge in [-0.2, -0.15) is 0 Å². The summed E-state index contributed by atoms with van der Waals surface area (Å²) in [5, 5.41) is 1.26. The third-order valence-electron chi connectivity index (χ3n) is 7.75. The molecule has 0 bridgehead atoms. The van der Waals surface area contributed by atoms with Crippen molar-refractivity contribution in [2.45, 2.75) is 38.6 Å². The van der Waals surface area contributed by atoms with Gasteiger partial charge in [0.15, 0.2) is 0 Å². The molecule has 0 N–H and O–H groups in total. The predicted octanol–water partition coefficient (Wildman–Crippen LogP) is 5.41. The summed E-state index contributed by atoms with van der Waals surface area (Å²) in [6, 6.07) is 15.1. The zero-order valence-electron chi connectivity index (χ0n) is 21.0. The van der Waals surface area contributed by atoms with Crippen molar-refractivity contribution in [1.82, 2.24) is 9.80 Å². The highest BCUT2D eigenvalue weighted by molar-refractivity contribution is 6.15. The first-order chi connectivity index (χ1) is 17.7. The zero-order valence-corrected chi connectivity index (χ0v) is 21.0. The average Bonchev–Trinajstić information content (AvgIpc) is 3.58. The van der Waals surface area contributed by atoms with Crippen molar-refractivity contribution in [3.63, 3.8) is 0 Å². The van der Waals surface area contributed by atoms with Crippen LogP contribution in [-0.2, 0) is 9.59 Å². The summed E-state index contributed by atoms with van der Waals surface area (Å²) in [6.45, 7) is 5.20. The molecule has 2 amide bonds. The molecule has 37 heavy (non-hydrogen) atoms. The van der Waals surface area contributed by atoms with Crippen molar-refractivity contribution >= 4 is 28.4 Å². The molecular formula is C30H29F2N3O2. The van der Waals surface area contributed by atoms with Crippen LogP contribution in [-0.4, -0.2) is 52.6 Å². The second-order valence-corrected chi connectivity index (χ2v) is 11.0. The Morgan fingerprint density at radius 3 is 2.51 bits per heavy atom. The second-order valence-electron chi connectivity index (χ2n) is 11.0. The summed E-state index contributed by atoms with van der Waals surface area (Å²) in [6.07, 6.45) is 2.76. The number of likely N-dealkylation sites (tertiary alicyclic amines) is 1. The fraction of sp³-hybridized carbons (Fsp3) is 0.367. The fourth-order valence-electron chi connectivity index (χ4n) is 5.49. The molecule has 0 radical (unpaired) electrons. The Labute approximate surface area is 214 Å². The number of fused-ring (bicyclic) bond motifs is 1. The third kappa shape index (κ3) is 4.30. The SMILES string of the molecule is CC1(C)N=C(c2ccc(-c3ccc4cccc(F)c4c3)cc2F)N(C[C@@H]2CCN(C(=O)C3CC3)C2)C1=O. The topological polar surface area (TPSA) is 53.0 Å². The molecular weight excluding hydrogens is 472 g/mol. The number of amides is 2. The lowest BCUT2D eigenvalue weighted by molar-refractivity contribution is -0.131. The van der Waals surface area contributed by atoms with Gasteiger partial charge in [0, 0.05) is 30.9 Å². The minimum atomic E-state index is -0.988. The number of rotatable bonds is 5. The van der Waals surface area contributed by atoms with Gasteiger partial charge in [-0.05, 0) is 79.8 Å². The molecule has 2 fully saturated rings. The van der Waals surface area contributed by atoms with Gasteiger partial charge < -0.3 is 4.90 Å². The number of aliphatic imine (C=N–C) groups is 1. The van der Waals surface area contributed by atoms with Crippen LogP contribution in [0.1, 0.15) is 38.7 Å². The van der Waals surface area contributed by atoms with Crippen molar-refractivity contribution < 1.29 is 18.4 Å². The molecule has 1 aliphatic carbocycles. The number of hydrogen-bond donors (Lipinski definition) is 0. The molecule has 2 heterocycles. The zero-order chi connectivity index (χ0) is 25.9. The molecule has 3 aromatic rings. The molecule has 2 aliphatic heterocycles. The van der Waals surface area contributed by atoms with Gasteiger partial charge in [0.25, 0.3) is 5.91 Å². The molecule has 0 unspecified atom stereocenters. The van der Waals surface area contributed by atoms with Crippen molar-refractivity contribution in [1.29, 1.82) is 0 Å². The number of benzene rings is 3. The Morgan fingerprint density at radius 2 is 1.76 bits per heavy atom. The Morgan fingerprint density at radius 1 is 1.00 bits per heavy atom. The van der Waals surface area contributed by atoms with Crippen LogP contribution in [0.25, 0.3) is 21.9 Å². The molecule has 1 atom stereocenters. The number of carbonyl (C=O) groups is 2. The number of hydrogen-bond acceptors (Lipinski definition) is 3. The van der Waals surface area contributed by atoms with Gasteiger partial charge in [-0.1, -0.05) is 30.3 Å². The Balaban J connectivity index is 1.27. The lowest BCUT2D eigenvalue weighted by Gasteiger charge is -2.25. The van der Waals surface area contributed by atoms with E-state index < -0.39 is 11.4 Å². The largest absolute Gasteiger partial charge is 0.342 e. The lowest BCUT2D eigenvalue weighted by atomic mass is 9.99. The molecule has 0 spiro atoms. The maximum Gasteiger partial charge on any atom is 0.255 e. The standard InChI is InChI=1S/C30H29F2N3O2/c1-30(2)29(37)35(17-18-12-13-34(16-18)28(36)20-7-8-20)27(33-30)23-11-10-22(15-26(23)32)21-9-6-19-4-3-5-25(31)24(19)14-21/h3-6,9-11,14-15,18,20H,7-8,12-13,16-17H2,1-2H3/t18-/m1/s1. The van der Waals surface area contributed by atoms with Crippen LogP contribution in [0.2, 0.25) is 0 Å². The highest BCUT2D eigenvalue weighted by Crippen LogP contribution is 2.35. The van der Waals surface area contributed by atoms with E-state index in [-0.39, 0.29) is 35.0 Å². The minimum absolute atomic E-state index is 0.126. The lowest BCUT2D eigenvalue weighted by Crippen LogP contribution is -2.43. The third-order valence-corrected chi connectivity index (χ3v) is 7.75. The maximum atomic E-state index is 15.6. The average molecular weight is 502 g/mol. The Bertz CT molecular complexity index is 1460. The van der Waals surface area contributed by atoms with E-state index in [1.165, 1.54) is 12.1 Å². The van der Waals surface area contributed by atoms with Crippen LogP contribution in [0.15, 0.2) is 59.6 Å². The van der Waals surface area contributed by atoms with E-state index in [9.17, 15) is 14.0 Å². The first kappa shape index (κ1) is 23.8. The van der Waals surface area contributed by atoms with Crippen LogP contribution >= 0.6 is 0 Å². The molecule has 5 nitrogen and oxygen atoms in total.